The molecule has 0 amide bonds. The Labute approximate surface area is 182 Å². The van der Waals surface area contributed by atoms with Gasteiger partial charge in [0.05, 0.1) is 5.75 Å². The summed E-state index contributed by atoms with van der Waals surface area (Å²) in [5, 5.41) is 7.95. The molecule has 1 saturated carbocycles. The van der Waals surface area contributed by atoms with E-state index in [-0.39, 0.29) is 35.7 Å². The average molecular weight is 470 g/mol. The molecule has 8 nitrogen and oxygen atoms in total. The number of alkyl halides is 3. The predicted octanol–water partition coefficient (Wildman–Crippen LogP) is 4.15. The molecular weight excluding hydrogens is 449 g/mol. The van der Waals surface area contributed by atoms with Crippen molar-refractivity contribution in [2.24, 2.45) is 0 Å². The zero-order valence-corrected chi connectivity index (χ0v) is 18.1. The van der Waals surface area contributed by atoms with Crippen LogP contribution in [0.25, 0.3) is 5.65 Å². The number of pyridine rings is 1. The van der Waals surface area contributed by atoms with Crippen LogP contribution in [-0.2, 0) is 16.6 Å². The summed E-state index contributed by atoms with van der Waals surface area (Å²) in [4.78, 5) is 0. The van der Waals surface area contributed by atoms with Crippen LogP contribution >= 0.6 is 0 Å². The average Bonchev–Trinajstić information content (AvgIpc) is 3.46. The largest absolute Gasteiger partial charge is 0.573 e. The van der Waals surface area contributed by atoms with E-state index in [9.17, 15) is 21.6 Å². The first-order chi connectivity index (χ1) is 15.0. The molecule has 2 heterocycles. The Bertz CT molecular complexity index is 1250. The molecule has 1 N–H and O–H groups in total. The van der Waals surface area contributed by atoms with Gasteiger partial charge in [0.25, 0.3) is 0 Å². The van der Waals surface area contributed by atoms with Crippen molar-refractivity contribution < 1.29 is 31.1 Å². The molecule has 172 valence electrons. The molecule has 0 radical (unpaired) electrons. The van der Waals surface area contributed by atoms with Gasteiger partial charge in [-0.05, 0) is 67.5 Å². The van der Waals surface area contributed by atoms with E-state index in [1.807, 2.05) is 0 Å². The van der Waals surface area contributed by atoms with Crippen LogP contribution in [0.1, 0.15) is 42.4 Å². The third-order valence-electron chi connectivity index (χ3n) is 4.96. The van der Waals surface area contributed by atoms with Gasteiger partial charge in [0.2, 0.25) is 16.0 Å². The maximum absolute atomic E-state index is 12.6. The molecule has 1 aromatic carbocycles. The number of benzene rings is 1. The minimum Gasteiger partial charge on any atom is -0.489 e. The summed E-state index contributed by atoms with van der Waals surface area (Å²) in [5.74, 6) is 0.181. The number of hydrogen-bond donors (Lipinski definition) is 1. The predicted molar refractivity (Wildman–Crippen MR) is 110 cm³/mol. The molecule has 0 saturated heterocycles. The molecule has 0 bridgehead atoms. The van der Waals surface area contributed by atoms with E-state index in [1.54, 1.807) is 29.7 Å². The van der Waals surface area contributed by atoms with E-state index in [2.05, 4.69) is 19.7 Å². The maximum Gasteiger partial charge on any atom is 0.573 e. The Balaban J connectivity index is 1.60. The third kappa shape index (κ3) is 5.23. The van der Waals surface area contributed by atoms with E-state index >= 15 is 0 Å². The molecule has 32 heavy (non-hydrogen) atoms. The highest BCUT2D eigenvalue weighted by Crippen LogP contribution is 2.42. The Morgan fingerprint density at radius 3 is 2.53 bits per heavy atom. The lowest BCUT2D eigenvalue weighted by atomic mass is 10.1. The Hall–Kier alpha value is -3.02. The number of aromatic nitrogens is 3. The number of anilines is 1. The zero-order chi connectivity index (χ0) is 23.1. The van der Waals surface area contributed by atoms with Crippen molar-refractivity contribution in [1.29, 1.82) is 0 Å². The Morgan fingerprint density at radius 1 is 1.16 bits per heavy atom. The summed E-state index contributed by atoms with van der Waals surface area (Å²) < 4.78 is 75.3. The topological polar surface area (TPSA) is 94.8 Å². The molecule has 0 aliphatic heterocycles. The highest BCUT2D eigenvalue weighted by Gasteiger charge is 2.31. The first-order valence-corrected chi connectivity index (χ1v) is 11.6. The fraction of sp³-hybridized carbons (Fsp3) is 0.400. The number of fused-ring (bicyclic) bond motifs is 1. The van der Waals surface area contributed by atoms with Gasteiger partial charge < -0.3 is 9.47 Å². The van der Waals surface area contributed by atoms with Crippen molar-refractivity contribution in [1.82, 2.24) is 14.6 Å². The molecular formula is C20H21F3N4O4S. The second kappa shape index (κ2) is 8.15. The lowest BCUT2D eigenvalue weighted by Crippen LogP contribution is -2.17. The fourth-order valence-electron chi connectivity index (χ4n) is 3.31. The van der Waals surface area contributed by atoms with Gasteiger partial charge in [-0.2, -0.15) is 0 Å². The quantitative estimate of drug-likeness (QED) is 0.531. The van der Waals surface area contributed by atoms with E-state index < -0.39 is 16.4 Å². The molecule has 0 unspecified atom stereocenters. The van der Waals surface area contributed by atoms with Crippen molar-refractivity contribution in [3.8, 4) is 11.5 Å². The number of rotatable bonds is 8. The SMILES string of the molecule is CCS(=O)(=O)Nc1nnc2cc(COc3cc(C)cc(OC(F)(F)F)c3)c(C3CC3)cn12. The smallest absolute Gasteiger partial charge is 0.489 e. The highest BCUT2D eigenvalue weighted by molar-refractivity contribution is 7.92. The lowest BCUT2D eigenvalue weighted by Gasteiger charge is -2.14. The van der Waals surface area contributed by atoms with Crippen LogP contribution in [0.4, 0.5) is 19.1 Å². The molecule has 4 rings (SSSR count). The summed E-state index contributed by atoms with van der Waals surface area (Å²) >= 11 is 0. The van der Waals surface area contributed by atoms with Gasteiger partial charge in [0.15, 0.2) is 5.65 Å². The van der Waals surface area contributed by atoms with Crippen LogP contribution < -0.4 is 14.2 Å². The van der Waals surface area contributed by atoms with E-state index in [0.29, 0.717) is 11.2 Å². The van der Waals surface area contributed by atoms with Crippen molar-refractivity contribution in [2.75, 3.05) is 10.5 Å². The molecule has 12 heteroatoms. The summed E-state index contributed by atoms with van der Waals surface area (Å²) in [6.07, 6.45) is -1.05. The van der Waals surface area contributed by atoms with E-state index in [0.717, 1.165) is 24.0 Å². The van der Waals surface area contributed by atoms with Crippen LogP contribution in [0.3, 0.4) is 0 Å². The number of sulfonamides is 1. The minimum atomic E-state index is -4.79. The normalized spacial score (nSPS) is 14.5. The van der Waals surface area contributed by atoms with Gasteiger partial charge >= 0.3 is 6.36 Å². The summed E-state index contributed by atoms with van der Waals surface area (Å²) in [6, 6.07) is 5.82. The summed E-state index contributed by atoms with van der Waals surface area (Å²) in [5.41, 5.74) is 2.74. The molecule has 3 aromatic rings. The first kappa shape index (κ1) is 22.2. The Morgan fingerprint density at radius 2 is 1.88 bits per heavy atom. The van der Waals surface area contributed by atoms with Gasteiger partial charge in [-0.25, -0.2) is 8.42 Å². The summed E-state index contributed by atoms with van der Waals surface area (Å²) in [7, 11) is -3.52. The van der Waals surface area contributed by atoms with Gasteiger partial charge in [0, 0.05) is 12.3 Å². The second-order valence-electron chi connectivity index (χ2n) is 7.60. The molecule has 1 fully saturated rings. The number of halogens is 3. The fourth-order valence-corrected chi connectivity index (χ4v) is 3.87. The number of ether oxygens (including phenoxy) is 2. The van der Waals surface area contributed by atoms with Crippen LogP contribution in [0, 0.1) is 6.92 Å². The van der Waals surface area contributed by atoms with Crippen molar-refractivity contribution in [3.05, 3.63) is 47.2 Å². The molecule has 1 aliphatic rings. The van der Waals surface area contributed by atoms with E-state index in [4.69, 9.17) is 4.74 Å². The molecule has 2 aromatic heterocycles. The highest BCUT2D eigenvalue weighted by atomic mass is 32.2. The first-order valence-electron chi connectivity index (χ1n) is 9.91. The number of nitrogens with one attached hydrogen (secondary N) is 1. The van der Waals surface area contributed by atoms with Gasteiger partial charge in [0.1, 0.15) is 18.1 Å². The van der Waals surface area contributed by atoms with Gasteiger partial charge in [-0.15, -0.1) is 23.4 Å². The van der Waals surface area contributed by atoms with Crippen molar-refractivity contribution >= 4 is 21.6 Å². The van der Waals surface area contributed by atoms with Crippen LogP contribution in [-0.4, -0.2) is 35.1 Å². The standard InChI is InChI=1S/C20H21F3N4O4S/c1-3-32(28,29)26-19-25-24-18-8-14(17(10-27(18)19)13-4-5-13)11-30-15-6-12(2)7-16(9-15)31-20(21,22)23/h6-10,13H,3-5,11H2,1-2H3,(H,25,26). The van der Waals surface area contributed by atoms with Crippen LogP contribution in [0.15, 0.2) is 30.5 Å². The number of aryl methyl sites for hydroxylation is 1. The Kier molecular flexibility index (Phi) is 5.65. The number of nitrogens with zero attached hydrogens (tertiary/aromatic N) is 3. The zero-order valence-electron chi connectivity index (χ0n) is 17.3. The molecule has 1 aliphatic carbocycles. The van der Waals surface area contributed by atoms with Crippen molar-refractivity contribution in [3.63, 3.8) is 0 Å². The molecule has 0 spiro atoms. The number of hydrogen-bond acceptors (Lipinski definition) is 6. The lowest BCUT2D eigenvalue weighted by molar-refractivity contribution is -0.274. The van der Waals surface area contributed by atoms with Crippen molar-refractivity contribution in [2.45, 2.75) is 45.6 Å². The van der Waals surface area contributed by atoms with Gasteiger partial charge in [-0.3, -0.25) is 9.12 Å². The maximum atomic E-state index is 12.6. The van der Waals surface area contributed by atoms with Crippen LogP contribution in [0.2, 0.25) is 0 Å². The van der Waals surface area contributed by atoms with Crippen LogP contribution in [0.5, 0.6) is 11.5 Å². The van der Waals surface area contributed by atoms with Gasteiger partial charge in [-0.1, -0.05) is 0 Å². The third-order valence-corrected chi connectivity index (χ3v) is 6.21. The minimum absolute atomic E-state index is 0.0973. The summed E-state index contributed by atoms with van der Waals surface area (Å²) in [6.45, 7) is 3.26. The molecule has 0 atom stereocenters. The monoisotopic (exact) mass is 470 g/mol. The van der Waals surface area contributed by atoms with E-state index in [1.165, 1.54) is 19.1 Å². The second-order valence-corrected chi connectivity index (χ2v) is 9.61.